The third kappa shape index (κ3) is 4.60. The first kappa shape index (κ1) is 18.7. The zero-order chi connectivity index (χ0) is 17.1. The molecule has 1 atom stereocenters. The van der Waals surface area contributed by atoms with Crippen molar-refractivity contribution in [3.05, 3.63) is 0 Å². The highest BCUT2D eigenvalue weighted by atomic mass is 16.6. The average Bonchev–Trinajstić information content (AvgIpc) is 2.29. The molecule has 1 saturated heterocycles. The van der Waals surface area contributed by atoms with Crippen LogP contribution in [0.1, 0.15) is 53.9 Å². The van der Waals surface area contributed by atoms with Gasteiger partial charge in [0.15, 0.2) is 0 Å². The molecule has 0 spiro atoms. The fraction of sp³-hybridized carbons (Fsp3) is 0.875. The van der Waals surface area contributed by atoms with E-state index in [1.54, 1.807) is 4.90 Å². The van der Waals surface area contributed by atoms with Gasteiger partial charge in [0, 0.05) is 19.1 Å². The van der Waals surface area contributed by atoms with Gasteiger partial charge >= 0.3 is 12.1 Å². The van der Waals surface area contributed by atoms with Gasteiger partial charge in [-0.15, -0.1) is 0 Å². The maximum absolute atomic E-state index is 12.1. The molecule has 22 heavy (non-hydrogen) atoms. The standard InChI is InChI=1S/C16H30N2O4/c1-7-8-12(2)17(6)16(9-13(19)20)10-18(11-16)14(21)22-15(3,4)5/h12H,7-11H2,1-6H3,(H,19,20). The Bertz CT molecular complexity index is 411. The summed E-state index contributed by atoms with van der Waals surface area (Å²) in [5, 5.41) is 9.22. The van der Waals surface area contributed by atoms with Gasteiger partial charge in [0.25, 0.3) is 0 Å². The van der Waals surface area contributed by atoms with Crippen molar-refractivity contribution in [2.75, 3.05) is 20.1 Å². The normalized spacial score (nSPS) is 18.8. The molecule has 1 aliphatic rings. The summed E-state index contributed by atoms with van der Waals surface area (Å²) in [6.07, 6.45) is 1.72. The highest BCUT2D eigenvalue weighted by Gasteiger charge is 2.51. The Kier molecular flexibility index (Phi) is 5.84. The molecule has 0 aromatic rings. The van der Waals surface area contributed by atoms with Crippen molar-refractivity contribution in [1.29, 1.82) is 0 Å². The minimum atomic E-state index is -0.834. The van der Waals surface area contributed by atoms with E-state index in [1.807, 2.05) is 27.8 Å². The van der Waals surface area contributed by atoms with Crippen LogP contribution in [0.3, 0.4) is 0 Å². The molecule has 0 radical (unpaired) electrons. The second kappa shape index (κ2) is 6.86. The van der Waals surface area contributed by atoms with Crippen LogP contribution in [0.2, 0.25) is 0 Å². The first-order valence-corrected chi connectivity index (χ1v) is 7.93. The van der Waals surface area contributed by atoms with Crippen molar-refractivity contribution >= 4 is 12.1 Å². The van der Waals surface area contributed by atoms with Crippen LogP contribution in [0.25, 0.3) is 0 Å². The van der Waals surface area contributed by atoms with Gasteiger partial charge in [-0.05, 0) is 41.2 Å². The Morgan fingerprint density at radius 3 is 2.32 bits per heavy atom. The van der Waals surface area contributed by atoms with Gasteiger partial charge in [-0.2, -0.15) is 0 Å². The number of hydrogen-bond acceptors (Lipinski definition) is 4. The number of rotatable bonds is 6. The lowest BCUT2D eigenvalue weighted by atomic mass is 9.83. The van der Waals surface area contributed by atoms with Crippen LogP contribution in [0.15, 0.2) is 0 Å². The Morgan fingerprint density at radius 1 is 1.36 bits per heavy atom. The summed E-state index contributed by atoms with van der Waals surface area (Å²) in [5.41, 5.74) is -1.03. The summed E-state index contributed by atoms with van der Waals surface area (Å²) < 4.78 is 5.35. The number of carbonyl (C=O) groups is 2. The Hall–Kier alpha value is -1.30. The van der Waals surface area contributed by atoms with Crippen LogP contribution in [-0.2, 0) is 9.53 Å². The minimum Gasteiger partial charge on any atom is -0.481 e. The smallest absolute Gasteiger partial charge is 0.410 e. The molecule has 1 N–H and O–H groups in total. The molecule has 0 aromatic heterocycles. The van der Waals surface area contributed by atoms with Crippen molar-refractivity contribution in [2.24, 2.45) is 0 Å². The van der Waals surface area contributed by atoms with Gasteiger partial charge in [-0.3, -0.25) is 9.69 Å². The summed E-state index contributed by atoms with van der Waals surface area (Å²) in [6, 6.07) is 0.283. The lowest BCUT2D eigenvalue weighted by molar-refractivity contribution is -0.146. The number of carboxylic acids is 1. The number of nitrogens with zero attached hydrogens (tertiary/aromatic N) is 2. The van der Waals surface area contributed by atoms with Crippen LogP contribution >= 0.6 is 0 Å². The number of aliphatic carboxylic acids is 1. The lowest BCUT2D eigenvalue weighted by Gasteiger charge is -2.55. The first-order chi connectivity index (χ1) is 10.0. The predicted octanol–water partition coefficient (Wildman–Crippen LogP) is 2.57. The van der Waals surface area contributed by atoms with E-state index in [4.69, 9.17) is 4.74 Å². The van der Waals surface area contributed by atoms with Crippen LogP contribution in [0, 0.1) is 0 Å². The van der Waals surface area contributed by atoms with E-state index in [9.17, 15) is 14.7 Å². The number of ether oxygens (including phenoxy) is 1. The van der Waals surface area contributed by atoms with Gasteiger partial charge < -0.3 is 14.7 Å². The molecule has 0 bridgehead atoms. The second-order valence-corrected chi connectivity index (χ2v) is 7.38. The highest BCUT2D eigenvalue weighted by molar-refractivity contribution is 5.73. The third-order valence-electron chi connectivity index (χ3n) is 4.22. The number of likely N-dealkylation sites (tertiary alicyclic amines) is 1. The summed E-state index contributed by atoms with van der Waals surface area (Å²) in [7, 11) is 1.95. The predicted molar refractivity (Wildman–Crippen MR) is 84.9 cm³/mol. The van der Waals surface area contributed by atoms with E-state index in [1.165, 1.54) is 0 Å². The van der Waals surface area contributed by atoms with Crippen molar-refractivity contribution in [2.45, 2.75) is 71.1 Å². The molecular weight excluding hydrogens is 284 g/mol. The molecule has 128 valence electrons. The maximum Gasteiger partial charge on any atom is 0.410 e. The SMILES string of the molecule is CCCC(C)N(C)C1(CC(=O)O)CN(C(=O)OC(C)(C)C)C1. The zero-order valence-electron chi connectivity index (χ0n) is 14.7. The van der Waals surface area contributed by atoms with E-state index >= 15 is 0 Å². The Morgan fingerprint density at radius 2 is 1.91 bits per heavy atom. The lowest BCUT2D eigenvalue weighted by Crippen LogP contribution is -2.72. The molecule has 1 aliphatic heterocycles. The summed E-state index contributed by atoms with van der Waals surface area (Å²) >= 11 is 0. The van der Waals surface area contributed by atoms with Crippen LogP contribution < -0.4 is 0 Å². The quantitative estimate of drug-likeness (QED) is 0.816. The molecule has 0 saturated carbocycles. The van der Waals surface area contributed by atoms with Crippen LogP contribution in [0.4, 0.5) is 4.79 Å². The van der Waals surface area contributed by atoms with E-state index in [2.05, 4.69) is 18.7 Å². The van der Waals surface area contributed by atoms with Crippen molar-refractivity contribution < 1.29 is 19.4 Å². The van der Waals surface area contributed by atoms with Crippen molar-refractivity contribution in [3.8, 4) is 0 Å². The minimum absolute atomic E-state index is 0.0385. The topological polar surface area (TPSA) is 70.1 Å². The molecule has 6 heteroatoms. The van der Waals surface area contributed by atoms with Crippen LogP contribution in [-0.4, -0.2) is 64.3 Å². The average molecular weight is 314 g/mol. The zero-order valence-corrected chi connectivity index (χ0v) is 14.7. The monoisotopic (exact) mass is 314 g/mol. The van der Waals surface area contributed by atoms with Crippen molar-refractivity contribution in [1.82, 2.24) is 9.80 Å². The fourth-order valence-corrected chi connectivity index (χ4v) is 2.94. The molecule has 1 amide bonds. The first-order valence-electron chi connectivity index (χ1n) is 7.93. The molecule has 6 nitrogen and oxygen atoms in total. The molecule has 1 fully saturated rings. The van der Waals surface area contributed by atoms with E-state index in [-0.39, 0.29) is 18.6 Å². The number of amides is 1. The van der Waals surface area contributed by atoms with Gasteiger partial charge in [-0.25, -0.2) is 4.79 Å². The van der Waals surface area contributed by atoms with Gasteiger partial charge in [0.1, 0.15) is 5.60 Å². The number of carbonyl (C=O) groups excluding carboxylic acids is 1. The third-order valence-corrected chi connectivity index (χ3v) is 4.22. The Balaban J connectivity index is 2.75. The van der Waals surface area contributed by atoms with E-state index in [0.717, 1.165) is 12.8 Å². The van der Waals surface area contributed by atoms with E-state index < -0.39 is 17.1 Å². The molecule has 0 aliphatic carbocycles. The largest absolute Gasteiger partial charge is 0.481 e. The number of hydrogen-bond donors (Lipinski definition) is 1. The molecular formula is C16H30N2O4. The molecule has 1 heterocycles. The van der Waals surface area contributed by atoms with Gasteiger partial charge in [0.2, 0.25) is 0 Å². The van der Waals surface area contributed by atoms with Crippen LogP contribution in [0.5, 0.6) is 0 Å². The molecule has 1 rings (SSSR count). The van der Waals surface area contributed by atoms with Gasteiger partial charge in [-0.1, -0.05) is 13.3 Å². The number of likely N-dealkylation sites (N-methyl/N-ethyl adjacent to an activating group) is 1. The van der Waals surface area contributed by atoms with Gasteiger partial charge in [0.05, 0.1) is 12.0 Å². The molecule has 1 unspecified atom stereocenters. The Labute approximate surface area is 133 Å². The maximum atomic E-state index is 12.1. The second-order valence-electron chi connectivity index (χ2n) is 7.38. The summed E-state index contributed by atoms with van der Waals surface area (Å²) in [6.45, 7) is 10.5. The summed E-state index contributed by atoms with van der Waals surface area (Å²) in [4.78, 5) is 27.0. The van der Waals surface area contributed by atoms with Crippen molar-refractivity contribution in [3.63, 3.8) is 0 Å². The van der Waals surface area contributed by atoms with E-state index in [0.29, 0.717) is 13.1 Å². The fourth-order valence-electron chi connectivity index (χ4n) is 2.94. The molecule has 0 aromatic carbocycles. The highest BCUT2D eigenvalue weighted by Crippen LogP contribution is 2.33. The number of carboxylic acid groups (broad SMARTS) is 1. The summed E-state index contributed by atoms with van der Waals surface area (Å²) in [5.74, 6) is -0.834.